The van der Waals surface area contributed by atoms with E-state index in [2.05, 4.69) is 25.8 Å². The van der Waals surface area contributed by atoms with Crippen LogP contribution in [0, 0.1) is 0 Å². The van der Waals surface area contributed by atoms with Gasteiger partial charge in [0.05, 0.1) is 18.3 Å². The lowest BCUT2D eigenvalue weighted by atomic mass is 10.0. The zero-order valence-electron chi connectivity index (χ0n) is 19.1. The fourth-order valence-corrected chi connectivity index (χ4v) is 3.93. The van der Waals surface area contributed by atoms with Crippen molar-refractivity contribution in [2.75, 3.05) is 11.9 Å². The summed E-state index contributed by atoms with van der Waals surface area (Å²) < 4.78 is 1.46. The van der Waals surface area contributed by atoms with Gasteiger partial charge in [-0.1, -0.05) is 24.3 Å². The van der Waals surface area contributed by atoms with Gasteiger partial charge in [0, 0.05) is 42.1 Å². The van der Waals surface area contributed by atoms with E-state index < -0.39 is 5.91 Å². The summed E-state index contributed by atoms with van der Waals surface area (Å²) in [6, 6.07) is 14.4. The summed E-state index contributed by atoms with van der Waals surface area (Å²) in [7, 11) is 0. The molecule has 4 aromatic rings. The quantitative estimate of drug-likeness (QED) is 0.353. The summed E-state index contributed by atoms with van der Waals surface area (Å²) in [6.45, 7) is 0.537. The minimum Gasteiger partial charge on any atom is -0.362 e. The van der Waals surface area contributed by atoms with Gasteiger partial charge in [-0.2, -0.15) is 10.2 Å². The lowest BCUT2D eigenvalue weighted by Crippen LogP contribution is -2.33. The molecular formula is C27H22N6O3. The van der Waals surface area contributed by atoms with Gasteiger partial charge in [-0.15, -0.1) is 0 Å². The molecule has 0 unspecified atom stereocenters. The number of anilines is 1. The number of rotatable bonds is 7. The van der Waals surface area contributed by atoms with Crippen LogP contribution in [0.15, 0.2) is 84.2 Å². The molecule has 1 aliphatic heterocycles. The molecule has 2 amide bonds. The van der Waals surface area contributed by atoms with Gasteiger partial charge in [-0.05, 0) is 53.6 Å². The van der Waals surface area contributed by atoms with Gasteiger partial charge < -0.3 is 20.2 Å². The van der Waals surface area contributed by atoms with Gasteiger partial charge in [-0.25, -0.2) is 0 Å². The predicted octanol–water partition coefficient (Wildman–Crippen LogP) is 2.95. The number of aromatic nitrogens is 4. The highest BCUT2D eigenvalue weighted by atomic mass is 16.2. The van der Waals surface area contributed by atoms with Crippen molar-refractivity contribution < 1.29 is 9.59 Å². The van der Waals surface area contributed by atoms with Crippen molar-refractivity contribution in [3.05, 3.63) is 118 Å². The third-order valence-electron chi connectivity index (χ3n) is 5.70. The van der Waals surface area contributed by atoms with Gasteiger partial charge in [0.15, 0.2) is 0 Å². The number of hydrogen-bond acceptors (Lipinski definition) is 5. The minimum absolute atomic E-state index is 0.0644. The molecule has 0 atom stereocenters. The van der Waals surface area contributed by atoms with E-state index in [4.69, 9.17) is 0 Å². The van der Waals surface area contributed by atoms with Gasteiger partial charge >= 0.3 is 0 Å². The van der Waals surface area contributed by atoms with Crippen molar-refractivity contribution in [3.63, 3.8) is 0 Å². The molecule has 1 aromatic carbocycles. The molecule has 0 radical (unpaired) electrons. The third kappa shape index (κ3) is 4.90. The average molecular weight is 479 g/mol. The zero-order valence-corrected chi connectivity index (χ0v) is 19.1. The fraction of sp³-hybridized carbons (Fsp3) is 0.0741. The first-order valence-electron chi connectivity index (χ1n) is 11.3. The van der Waals surface area contributed by atoms with Crippen molar-refractivity contribution in [2.45, 2.75) is 6.54 Å². The number of pyridine rings is 1. The highest BCUT2D eigenvalue weighted by molar-refractivity contribution is 6.34. The summed E-state index contributed by atoms with van der Waals surface area (Å²) >= 11 is 0. The second-order valence-corrected chi connectivity index (χ2v) is 8.16. The van der Waals surface area contributed by atoms with Crippen LogP contribution in [0.4, 0.5) is 5.69 Å². The Kier molecular flexibility index (Phi) is 6.35. The summed E-state index contributed by atoms with van der Waals surface area (Å²) in [6.07, 6.45) is 12.0. The van der Waals surface area contributed by atoms with Crippen molar-refractivity contribution in [2.24, 2.45) is 0 Å². The number of fused-ring (bicyclic) bond motifs is 1. The molecule has 0 saturated heterocycles. The van der Waals surface area contributed by atoms with Gasteiger partial charge in [0.1, 0.15) is 5.56 Å². The molecule has 5 rings (SSSR count). The Bertz CT molecular complexity index is 1540. The van der Waals surface area contributed by atoms with Crippen molar-refractivity contribution >= 4 is 35.2 Å². The Morgan fingerprint density at radius 2 is 2.00 bits per heavy atom. The van der Waals surface area contributed by atoms with Crippen LogP contribution in [0.5, 0.6) is 0 Å². The van der Waals surface area contributed by atoms with Crippen molar-refractivity contribution in [3.8, 4) is 0 Å². The van der Waals surface area contributed by atoms with Crippen LogP contribution in [0.1, 0.15) is 32.7 Å². The van der Waals surface area contributed by atoms with Crippen LogP contribution in [-0.2, 0) is 11.3 Å². The van der Waals surface area contributed by atoms with E-state index in [0.29, 0.717) is 12.1 Å². The number of benzene rings is 1. The summed E-state index contributed by atoms with van der Waals surface area (Å²) in [5.74, 6) is -0.603. The van der Waals surface area contributed by atoms with E-state index in [1.54, 1.807) is 43.0 Å². The smallest absolute Gasteiger partial charge is 0.263 e. The van der Waals surface area contributed by atoms with Crippen LogP contribution in [0.2, 0.25) is 0 Å². The normalized spacial score (nSPS) is 13.7. The molecule has 9 nitrogen and oxygen atoms in total. The molecule has 0 bridgehead atoms. The highest BCUT2D eigenvalue weighted by Gasteiger charge is 2.24. The number of nitrogens with one attached hydrogen (secondary N) is 3. The number of hydrogen-bond donors (Lipinski definition) is 3. The average Bonchev–Trinajstić information content (AvgIpc) is 3.51. The highest BCUT2D eigenvalue weighted by Crippen LogP contribution is 2.33. The maximum Gasteiger partial charge on any atom is 0.263 e. The largest absolute Gasteiger partial charge is 0.362 e. The van der Waals surface area contributed by atoms with Crippen molar-refractivity contribution in [1.82, 2.24) is 25.1 Å². The first-order valence-corrected chi connectivity index (χ1v) is 11.3. The first kappa shape index (κ1) is 22.7. The van der Waals surface area contributed by atoms with Crippen LogP contribution < -0.4 is 16.2 Å². The Morgan fingerprint density at radius 3 is 2.81 bits per heavy atom. The Balaban J connectivity index is 1.22. The molecular weight excluding hydrogens is 456 g/mol. The topological polar surface area (TPSA) is 122 Å². The second-order valence-electron chi connectivity index (χ2n) is 8.16. The monoisotopic (exact) mass is 478 g/mol. The molecule has 1 aliphatic rings. The number of carbonyl (C=O) groups is 2. The molecule has 0 fully saturated rings. The standard InChI is InChI=1S/C27H22N6O3/c34-25(22-6-3-13-33(27(22)36)17-19-9-12-30-31-16-19)29-11-1-4-18-7-8-21-23(15-20-5-2-10-28-20)26(35)32-24(21)14-18/h1-10,12-16,28H,11,17H2,(H,29,34)(H,32,35)/b4-1+,23-15+. The van der Waals surface area contributed by atoms with E-state index in [0.717, 1.165) is 28.1 Å². The number of nitrogens with zero attached hydrogens (tertiary/aromatic N) is 3. The van der Waals surface area contributed by atoms with Crippen molar-refractivity contribution in [1.29, 1.82) is 0 Å². The lowest BCUT2D eigenvalue weighted by Gasteiger charge is -2.08. The summed E-state index contributed by atoms with van der Waals surface area (Å²) in [4.78, 5) is 40.8. The molecule has 0 spiro atoms. The Labute approximate surface area is 206 Å². The Hall–Kier alpha value is -5.05. The fourth-order valence-electron chi connectivity index (χ4n) is 3.93. The number of carbonyl (C=O) groups excluding carboxylic acids is 2. The SMILES string of the molecule is O=C1Nc2cc(/C=C/CNC(=O)c3cccn(Cc4ccnnc4)c3=O)ccc2/C1=C\c1ccc[nH]1. The molecule has 9 heteroatoms. The van der Waals surface area contributed by atoms with E-state index >= 15 is 0 Å². The Morgan fingerprint density at radius 1 is 1.08 bits per heavy atom. The molecule has 0 aliphatic carbocycles. The molecule has 178 valence electrons. The van der Waals surface area contributed by atoms with E-state index in [-0.39, 0.29) is 23.6 Å². The number of aromatic amines is 1. The zero-order chi connectivity index (χ0) is 24.9. The second kappa shape index (κ2) is 10.1. The maximum atomic E-state index is 12.7. The third-order valence-corrected chi connectivity index (χ3v) is 5.70. The van der Waals surface area contributed by atoms with Crippen LogP contribution in [-0.4, -0.2) is 38.1 Å². The molecule has 36 heavy (non-hydrogen) atoms. The molecule has 3 aromatic heterocycles. The van der Waals surface area contributed by atoms with E-state index in [1.807, 2.05) is 42.5 Å². The van der Waals surface area contributed by atoms with E-state index in [9.17, 15) is 14.4 Å². The van der Waals surface area contributed by atoms with Crippen LogP contribution in [0.25, 0.3) is 17.7 Å². The van der Waals surface area contributed by atoms with Crippen LogP contribution in [0.3, 0.4) is 0 Å². The van der Waals surface area contributed by atoms with E-state index in [1.165, 1.54) is 10.6 Å². The van der Waals surface area contributed by atoms with Crippen LogP contribution >= 0.6 is 0 Å². The van der Waals surface area contributed by atoms with Gasteiger partial charge in [0.25, 0.3) is 17.4 Å². The molecule has 0 saturated carbocycles. The van der Waals surface area contributed by atoms with Gasteiger partial charge in [0.2, 0.25) is 0 Å². The summed E-state index contributed by atoms with van der Waals surface area (Å²) in [5, 5.41) is 13.2. The minimum atomic E-state index is -0.452. The van der Waals surface area contributed by atoms with Gasteiger partial charge in [-0.3, -0.25) is 14.4 Å². The molecule has 4 heterocycles. The number of amides is 2. The summed E-state index contributed by atoms with van der Waals surface area (Å²) in [5.41, 5.74) is 4.39. The lowest BCUT2D eigenvalue weighted by molar-refractivity contribution is -0.110. The molecule has 3 N–H and O–H groups in total. The first-order chi connectivity index (χ1) is 17.6. The predicted molar refractivity (Wildman–Crippen MR) is 137 cm³/mol. The number of H-pyrrole nitrogens is 1. The maximum absolute atomic E-state index is 12.7.